The Morgan fingerprint density at radius 1 is 1.10 bits per heavy atom. The summed E-state index contributed by atoms with van der Waals surface area (Å²) in [5.41, 5.74) is 4.02. The first-order chi connectivity index (χ1) is 15.0. The number of hydrogen-bond acceptors (Lipinski definition) is 4. The molecule has 3 aromatic heterocycles. The maximum atomic E-state index is 13.9. The van der Waals surface area contributed by atoms with E-state index in [2.05, 4.69) is 28.4 Å². The highest BCUT2D eigenvalue weighted by Crippen LogP contribution is 2.16. The van der Waals surface area contributed by atoms with E-state index in [0.29, 0.717) is 24.2 Å². The van der Waals surface area contributed by atoms with E-state index in [9.17, 15) is 9.18 Å². The van der Waals surface area contributed by atoms with Crippen molar-refractivity contribution < 1.29 is 4.39 Å². The summed E-state index contributed by atoms with van der Waals surface area (Å²) in [6.45, 7) is 6.38. The van der Waals surface area contributed by atoms with Crippen LogP contribution in [0.4, 0.5) is 4.39 Å². The van der Waals surface area contributed by atoms with E-state index in [-0.39, 0.29) is 11.4 Å². The normalized spacial score (nSPS) is 11.3. The van der Waals surface area contributed by atoms with E-state index in [0.717, 1.165) is 42.0 Å². The van der Waals surface area contributed by atoms with Gasteiger partial charge in [0.25, 0.3) is 5.56 Å². The maximum Gasteiger partial charge on any atom is 0.255 e. The van der Waals surface area contributed by atoms with Crippen molar-refractivity contribution in [2.24, 2.45) is 0 Å². The third-order valence-electron chi connectivity index (χ3n) is 5.32. The van der Waals surface area contributed by atoms with Gasteiger partial charge in [-0.05, 0) is 74.7 Å². The van der Waals surface area contributed by atoms with Gasteiger partial charge in [-0.2, -0.15) is 5.10 Å². The van der Waals surface area contributed by atoms with E-state index in [1.807, 2.05) is 35.9 Å². The van der Waals surface area contributed by atoms with Crippen molar-refractivity contribution in [1.82, 2.24) is 24.6 Å². The SMILES string of the molecule is Cc1cc(C)n(CCCNCc2cc3ccc(F)cc3n(Cc3ccccn3)c2=O)n1. The molecule has 0 fully saturated rings. The molecule has 0 atom stereocenters. The van der Waals surface area contributed by atoms with Gasteiger partial charge >= 0.3 is 0 Å². The first-order valence-electron chi connectivity index (χ1n) is 10.4. The molecule has 7 heteroatoms. The zero-order valence-corrected chi connectivity index (χ0v) is 17.8. The molecule has 4 rings (SSSR count). The van der Waals surface area contributed by atoms with Crippen LogP contribution in [0.25, 0.3) is 10.9 Å². The Morgan fingerprint density at radius 3 is 2.71 bits per heavy atom. The van der Waals surface area contributed by atoms with E-state index >= 15 is 0 Å². The largest absolute Gasteiger partial charge is 0.312 e. The van der Waals surface area contributed by atoms with Gasteiger partial charge in [0.15, 0.2) is 0 Å². The number of fused-ring (bicyclic) bond motifs is 1. The fraction of sp³-hybridized carbons (Fsp3) is 0.292. The molecule has 0 radical (unpaired) electrons. The highest BCUT2D eigenvalue weighted by molar-refractivity contribution is 5.79. The second-order valence-electron chi connectivity index (χ2n) is 7.77. The van der Waals surface area contributed by atoms with Crippen LogP contribution in [0.1, 0.15) is 29.1 Å². The van der Waals surface area contributed by atoms with Gasteiger partial charge in [0, 0.05) is 30.5 Å². The molecule has 0 aliphatic rings. The number of nitrogens with one attached hydrogen (secondary N) is 1. The highest BCUT2D eigenvalue weighted by atomic mass is 19.1. The molecule has 0 aliphatic carbocycles. The quantitative estimate of drug-likeness (QED) is 0.444. The number of benzene rings is 1. The van der Waals surface area contributed by atoms with Crippen LogP contribution in [-0.4, -0.2) is 25.9 Å². The van der Waals surface area contributed by atoms with Gasteiger partial charge in [-0.1, -0.05) is 6.07 Å². The standard InChI is InChI=1S/C24H26FN5O/c1-17-12-18(2)30(28-17)11-5-9-26-15-20-13-19-7-8-21(25)14-23(19)29(24(20)31)16-22-6-3-4-10-27-22/h3-4,6-8,10,12-14,26H,5,9,11,15-16H2,1-2H3. The molecule has 0 unspecified atom stereocenters. The Balaban J connectivity index is 1.51. The van der Waals surface area contributed by atoms with Crippen molar-refractivity contribution in [2.75, 3.05) is 6.54 Å². The highest BCUT2D eigenvalue weighted by Gasteiger charge is 2.11. The minimum Gasteiger partial charge on any atom is -0.312 e. The number of pyridine rings is 2. The number of rotatable bonds is 8. The molecule has 0 saturated heterocycles. The fourth-order valence-electron chi connectivity index (χ4n) is 3.82. The van der Waals surface area contributed by atoms with Crippen LogP contribution in [0.3, 0.4) is 0 Å². The molecule has 0 amide bonds. The second kappa shape index (κ2) is 9.22. The van der Waals surface area contributed by atoms with E-state index in [4.69, 9.17) is 0 Å². The lowest BCUT2D eigenvalue weighted by atomic mass is 10.1. The average Bonchev–Trinajstić information content (AvgIpc) is 3.08. The smallest absolute Gasteiger partial charge is 0.255 e. The van der Waals surface area contributed by atoms with Gasteiger partial charge in [-0.3, -0.25) is 14.5 Å². The zero-order valence-electron chi connectivity index (χ0n) is 17.8. The average molecular weight is 420 g/mol. The molecule has 3 heterocycles. The summed E-state index contributed by atoms with van der Waals surface area (Å²) < 4.78 is 17.5. The molecule has 1 N–H and O–H groups in total. The lowest BCUT2D eigenvalue weighted by Crippen LogP contribution is -2.28. The van der Waals surface area contributed by atoms with Gasteiger partial charge in [0.05, 0.1) is 23.4 Å². The van der Waals surface area contributed by atoms with Crippen LogP contribution in [0.5, 0.6) is 0 Å². The van der Waals surface area contributed by atoms with Gasteiger partial charge in [-0.25, -0.2) is 4.39 Å². The number of aryl methyl sites for hydroxylation is 3. The Hall–Kier alpha value is -3.32. The lowest BCUT2D eigenvalue weighted by Gasteiger charge is -2.14. The Bertz CT molecular complexity index is 1250. The molecule has 160 valence electrons. The molecular weight excluding hydrogens is 393 g/mol. The summed E-state index contributed by atoms with van der Waals surface area (Å²) >= 11 is 0. The summed E-state index contributed by atoms with van der Waals surface area (Å²) in [6, 6.07) is 14.0. The van der Waals surface area contributed by atoms with Crippen molar-refractivity contribution in [2.45, 2.75) is 39.9 Å². The molecule has 1 aromatic carbocycles. The van der Waals surface area contributed by atoms with E-state index in [1.54, 1.807) is 16.8 Å². The first kappa shape index (κ1) is 20.9. The number of halogens is 1. The molecule has 0 saturated carbocycles. The van der Waals surface area contributed by atoms with Gasteiger partial charge in [-0.15, -0.1) is 0 Å². The predicted octanol–water partition coefficient (Wildman–Crippen LogP) is 3.58. The van der Waals surface area contributed by atoms with Crippen LogP contribution in [-0.2, 0) is 19.6 Å². The van der Waals surface area contributed by atoms with Crippen molar-refractivity contribution in [3.05, 3.63) is 93.5 Å². The van der Waals surface area contributed by atoms with Crippen LogP contribution in [0.2, 0.25) is 0 Å². The Kier molecular flexibility index (Phi) is 6.23. The molecule has 0 bridgehead atoms. The minimum atomic E-state index is -0.364. The molecule has 0 spiro atoms. The predicted molar refractivity (Wildman–Crippen MR) is 120 cm³/mol. The van der Waals surface area contributed by atoms with Crippen LogP contribution in [0.15, 0.2) is 59.5 Å². The van der Waals surface area contributed by atoms with Gasteiger partial charge in [0.2, 0.25) is 0 Å². The maximum absolute atomic E-state index is 13.9. The Labute approximate surface area is 180 Å². The fourth-order valence-corrected chi connectivity index (χ4v) is 3.82. The van der Waals surface area contributed by atoms with Crippen molar-refractivity contribution in [1.29, 1.82) is 0 Å². The summed E-state index contributed by atoms with van der Waals surface area (Å²) in [4.78, 5) is 17.5. The number of hydrogen-bond donors (Lipinski definition) is 1. The van der Waals surface area contributed by atoms with Crippen LogP contribution >= 0.6 is 0 Å². The second-order valence-corrected chi connectivity index (χ2v) is 7.77. The minimum absolute atomic E-state index is 0.130. The van der Waals surface area contributed by atoms with Crippen LogP contribution in [0, 0.1) is 19.7 Å². The zero-order chi connectivity index (χ0) is 21.8. The van der Waals surface area contributed by atoms with Crippen LogP contribution < -0.4 is 10.9 Å². The molecule has 0 aliphatic heterocycles. The summed E-state index contributed by atoms with van der Waals surface area (Å²) in [7, 11) is 0. The summed E-state index contributed by atoms with van der Waals surface area (Å²) in [5.74, 6) is -0.364. The molecule has 4 aromatic rings. The molecule has 6 nitrogen and oxygen atoms in total. The van der Waals surface area contributed by atoms with Crippen molar-refractivity contribution in [3.63, 3.8) is 0 Å². The number of aromatic nitrogens is 4. The topological polar surface area (TPSA) is 64.7 Å². The van der Waals surface area contributed by atoms with E-state index in [1.165, 1.54) is 12.1 Å². The third kappa shape index (κ3) is 4.88. The monoisotopic (exact) mass is 419 g/mol. The summed E-state index contributed by atoms with van der Waals surface area (Å²) in [6.07, 6.45) is 2.60. The van der Waals surface area contributed by atoms with Gasteiger partial charge < -0.3 is 9.88 Å². The third-order valence-corrected chi connectivity index (χ3v) is 5.32. The Morgan fingerprint density at radius 2 is 1.97 bits per heavy atom. The summed E-state index contributed by atoms with van der Waals surface area (Å²) in [5, 5.41) is 8.66. The van der Waals surface area contributed by atoms with Crippen molar-refractivity contribution in [3.8, 4) is 0 Å². The molecular formula is C24H26FN5O. The van der Waals surface area contributed by atoms with Gasteiger partial charge in [0.1, 0.15) is 5.82 Å². The number of nitrogens with zero attached hydrogens (tertiary/aromatic N) is 4. The lowest BCUT2D eigenvalue weighted by molar-refractivity contribution is 0.531. The molecule has 31 heavy (non-hydrogen) atoms. The van der Waals surface area contributed by atoms with Crippen molar-refractivity contribution >= 4 is 10.9 Å². The van der Waals surface area contributed by atoms with E-state index < -0.39 is 0 Å². The first-order valence-corrected chi connectivity index (χ1v) is 10.4.